The quantitative estimate of drug-likeness (QED) is 0.816. The normalized spacial score (nSPS) is 16.7. The average Bonchev–Trinajstić information content (AvgIpc) is 3.40. The van der Waals surface area contributed by atoms with Gasteiger partial charge in [-0.3, -0.25) is 0 Å². The Bertz CT molecular complexity index is 662. The molecule has 1 atom stereocenters. The van der Waals surface area contributed by atoms with E-state index in [9.17, 15) is 4.79 Å². The Morgan fingerprint density at radius 3 is 2.30 bits per heavy atom. The van der Waals surface area contributed by atoms with Crippen molar-refractivity contribution >= 4 is 5.97 Å². The van der Waals surface area contributed by atoms with Gasteiger partial charge in [-0.1, -0.05) is 42.5 Å². The first-order valence-electron chi connectivity index (χ1n) is 8.18. The molecule has 0 amide bonds. The standard InChI is InChI=1S/C20H23NO2/c1-20(18-11-12-18,13-15-5-3-2-4-6-15)21-14-16-7-9-17(10-8-16)19(22)23/h2-10,18,21H,11-14H2,1H3,(H,22,23). The van der Waals surface area contributed by atoms with Gasteiger partial charge in [-0.05, 0) is 55.4 Å². The molecular formula is C20H23NO2. The van der Waals surface area contributed by atoms with Gasteiger partial charge >= 0.3 is 5.97 Å². The van der Waals surface area contributed by atoms with Gasteiger partial charge in [-0.25, -0.2) is 4.79 Å². The van der Waals surface area contributed by atoms with Gasteiger partial charge in [0.05, 0.1) is 5.56 Å². The number of rotatable bonds is 7. The minimum Gasteiger partial charge on any atom is -0.478 e. The number of nitrogens with one attached hydrogen (secondary N) is 1. The van der Waals surface area contributed by atoms with Crippen molar-refractivity contribution < 1.29 is 9.90 Å². The van der Waals surface area contributed by atoms with Gasteiger partial charge < -0.3 is 10.4 Å². The SMILES string of the molecule is CC(Cc1ccccc1)(NCc1ccc(C(=O)O)cc1)C1CC1. The molecule has 0 aliphatic heterocycles. The van der Waals surface area contributed by atoms with Crippen molar-refractivity contribution in [2.45, 2.75) is 38.3 Å². The topological polar surface area (TPSA) is 49.3 Å². The van der Waals surface area contributed by atoms with E-state index >= 15 is 0 Å². The molecule has 0 saturated heterocycles. The molecule has 1 saturated carbocycles. The summed E-state index contributed by atoms with van der Waals surface area (Å²) in [5.41, 5.74) is 2.90. The summed E-state index contributed by atoms with van der Waals surface area (Å²) in [7, 11) is 0. The Morgan fingerprint density at radius 2 is 1.74 bits per heavy atom. The van der Waals surface area contributed by atoms with Crippen LogP contribution in [0.15, 0.2) is 54.6 Å². The van der Waals surface area contributed by atoms with E-state index in [0.29, 0.717) is 5.56 Å². The van der Waals surface area contributed by atoms with Gasteiger partial charge in [0.1, 0.15) is 0 Å². The summed E-state index contributed by atoms with van der Waals surface area (Å²) < 4.78 is 0. The van der Waals surface area contributed by atoms with Crippen LogP contribution < -0.4 is 5.32 Å². The van der Waals surface area contributed by atoms with Crippen LogP contribution in [0.5, 0.6) is 0 Å². The van der Waals surface area contributed by atoms with Crippen molar-refractivity contribution in [3.63, 3.8) is 0 Å². The first-order valence-corrected chi connectivity index (χ1v) is 8.18. The zero-order valence-electron chi connectivity index (χ0n) is 13.5. The highest BCUT2D eigenvalue weighted by Gasteiger charge is 2.40. The van der Waals surface area contributed by atoms with Crippen molar-refractivity contribution in [2.24, 2.45) is 5.92 Å². The summed E-state index contributed by atoms with van der Waals surface area (Å²) in [6.07, 6.45) is 3.59. The monoisotopic (exact) mass is 309 g/mol. The predicted octanol–water partition coefficient (Wildman–Crippen LogP) is 3.89. The van der Waals surface area contributed by atoms with E-state index in [0.717, 1.165) is 24.4 Å². The fraction of sp³-hybridized carbons (Fsp3) is 0.350. The summed E-state index contributed by atoms with van der Waals surface area (Å²) >= 11 is 0. The number of carbonyl (C=O) groups is 1. The van der Waals surface area contributed by atoms with E-state index in [2.05, 4.69) is 42.6 Å². The van der Waals surface area contributed by atoms with E-state index < -0.39 is 5.97 Å². The fourth-order valence-corrected chi connectivity index (χ4v) is 3.16. The lowest BCUT2D eigenvalue weighted by Gasteiger charge is -2.32. The van der Waals surface area contributed by atoms with Crippen molar-refractivity contribution in [3.05, 3.63) is 71.3 Å². The lowest BCUT2D eigenvalue weighted by molar-refractivity contribution is 0.0697. The van der Waals surface area contributed by atoms with E-state index in [1.54, 1.807) is 12.1 Å². The number of aromatic carboxylic acids is 1. The molecule has 2 aromatic rings. The Hall–Kier alpha value is -2.13. The van der Waals surface area contributed by atoms with E-state index in [1.807, 2.05) is 12.1 Å². The molecule has 2 N–H and O–H groups in total. The van der Waals surface area contributed by atoms with Crippen molar-refractivity contribution in [1.82, 2.24) is 5.32 Å². The second-order valence-corrected chi connectivity index (χ2v) is 6.71. The number of carboxylic acids is 1. The molecule has 3 rings (SSSR count). The molecule has 1 aliphatic rings. The van der Waals surface area contributed by atoms with Crippen LogP contribution in [-0.4, -0.2) is 16.6 Å². The third kappa shape index (κ3) is 3.99. The largest absolute Gasteiger partial charge is 0.478 e. The summed E-state index contributed by atoms with van der Waals surface area (Å²) in [5.74, 6) is -0.155. The summed E-state index contributed by atoms with van der Waals surface area (Å²) in [5, 5.41) is 12.7. The van der Waals surface area contributed by atoms with E-state index in [1.165, 1.54) is 18.4 Å². The Kier molecular flexibility index (Phi) is 4.49. The van der Waals surface area contributed by atoms with E-state index in [4.69, 9.17) is 5.11 Å². The van der Waals surface area contributed by atoms with Crippen molar-refractivity contribution in [2.75, 3.05) is 0 Å². The van der Waals surface area contributed by atoms with Crippen LogP contribution in [0.3, 0.4) is 0 Å². The van der Waals surface area contributed by atoms with Gasteiger partial charge in [0.25, 0.3) is 0 Å². The Balaban J connectivity index is 1.66. The highest BCUT2D eigenvalue weighted by molar-refractivity contribution is 5.87. The molecule has 120 valence electrons. The maximum absolute atomic E-state index is 10.9. The predicted molar refractivity (Wildman–Crippen MR) is 91.5 cm³/mol. The fourth-order valence-electron chi connectivity index (χ4n) is 3.16. The molecule has 0 radical (unpaired) electrons. The molecule has 0 aromatic heterocycles. The lowest BCUT2D eigenvalue weighted by atomic mass is 9.87. The molecule has 1 unspecified atom stereocenters. The van der Waals surface area contributed by atoms with Crippen LogP contribution in [0.2, 0.25) is 0 Å². The van der Waals surface area contributed by atoms with Gasteiger partial charge in [-0.2, -0.15) is 0 Å². The smallest absolute Gasteiger partial charge is 0.335 e. The van der Waals surface area contributed by atoms with Crippen LogP contribution in [0.1, 0.15) is 41.3 Å². The minimum atomic E-state index is -0.878. The Morgan fingerprint density at radius 1 is 1.09 bits per heavy atom. The lowest BCUT2D eigenvalue weighted by Crippen LogP contribution is -2.46. The van der Waals surface area contributed by atoms with Crippen LogP contribution in [-0.2, 0) is 13.0 Å². The first kappa shape index (κ1) is 15.8. The molecule has 1 aliphatic carbocycles. The summed E-state index contributed by atoms with van der Waals surface area (Å²) in [6.45, 7) is 3.07. The average molecular weight is 309 g/mol. The third-order valence-electron chi connectivity index (χ3n) is 4.79. The second-order valence-electron chi connectivity index (χ2n) is 6.71. The van der Waals surface area contributed by atoms with Crippen LogP contribution in [0.25, 0.3) is 0 Å². The summed E-state index contributed by atoms with van der Waals surface area (Å²) in [6, 6.07) is 17.7. The number of hydrogen-bond donors (Lipinski definition) is 2. The number of hydrogen-bond acceptors (Lipinski definition) is 2. The molecule has 0 bridgehead atoms. The molecule has 23 heavy (non-hydrogen) atoms. The highest BCUT2D eigenvalue weighted by atomic mass is 16.4. The zero-order chi connectivity index (χ0) is 16.3. The molecule has 3 heteroatoms. The van der Waals surface area contributed by atoms with Gasteiger partial charge in [0.2, 0.25) is 0 Å². The molecular weight excluding hydrogens is 286 g/mol. The molecule has 0 heterocycles. The Labute approximate surface area is 137 Å². The number of benzene rings is 2. The second kappa shape index (κ2) is 6.55. The maximum Gasteiger partial charge on any atom is 0.335 e. The summed E-state index contributed by atoms with van der Waals surface area (Å²) in [4.78, 5) is 10.9. The van der Waals surface area contributed by atoms with Gasteiger partial charge in [0.15, 0.2) is 0 Å². The third-order valence-corrected chi connectivity index (χ3v) is 4.79. The van der Waals surface area contributed by atoms with Crippen LogP contribution in [0.4, 0.5) is 0 Å². The molecule has 2 aromatic carbocycles. The first-order chi connectivity index (χ1) is 11.1. The zero-order valence-corrected chi connectivity index (χ0v) is 13.5. The van der Waals surface area contributed by atoms with Crippen molar-refractivity contribution in [3.8, 4) is 0 Å². The molecule has 3 nitrogen and oxygen atoms in total. The minimum absolute atomic E-state index is 0.0901. The van der Waals surface area contributed by atoms with Gasteiger partial charge in [0, 0.05) is 12.1 Å². The molecule has 0 spiro atoms. The highest BCUT2D eigenvalue weighted by Crippen LogP contribution is 2.41. The maximum atomic E-state index is 10.9. The number of carboxylic acid groups (broad SMARTS) is 1. The van der Waals surface area contributed by atoms with Crippen molar-refractivity contribution in [1.29, 1.82) is 0 Å². The van der Waals surface area contributed by atoms with E-state index in [-0.39, 0.29) is 5.54 Å². The molecule has 1 fully saturated rings. The van der Waals surface area contributed by atoms with Crippen LogP contribution >= 0.6 is 0 Å². The van der Waals surface area contributed by atoms with Crippen LogP contribution in [0, 0.1) is 5.92 Å². The van der Waals surface area contributed by atoms with Gasteiger partial charge in [-0.15, -0.1) is 0 Å².